The van der Waals surface area contributed by atoms with Gasteiger partial charge in [0.15, 0.2) is 0 Å². The first-order valence-electron chi connectivity index (χ1n) is 11.5. The second-order valence-electron chi connectivity index (χ2n) is 9.12. The van der Waals surface area contributed by atoms with Crippen molar-refractivity contribution in [2.75, 3.05) is 0 Å². The topological polar surface area (TPSA) is 0 Å². The predicted molar refractivity (Wildman–Crippen MR) is 115 cm³/mol. The maximum Gasteiger partial charge on any atom is -0.0500 e. The van der Waals surface area contributed by atoms with E-state index in [4.69, 9.17) is 0 Å². The molecule has 1 aliphatic rings. The molecule has 0 heteroatoms. The molecule has 1 saturated carbocycles. The Labute approximate surface area is 156 Å². The minimum atomic E-state index is 0.833. The summed E-state index contributed by atoms with van der Waals surface area (Å²) >= 11 is 0. The highest BCUT2D eigenvalue weighted by Gasteiger charge is 1.96. The van der Waals surface area contributed by atoms with E-state index in [9.17, 15) is 0 Å². The summed E-state index contributed by atoms with van der Waals surface area (Å²) in [6.07, 6.45) is 24.0. The van der Waals surface area contributed by atoms with E-state index in [2.05, 4.69) is 41.5 Å². The second-order valence-corrected chi connectivity index (χ2v) is 9.12. The van der Waals surface area contributed by atoms with Crippen LogP contribution in [0.25, 0.3) is 0 Å². The van der Waals surface area contributed by atoms with Crippen LogP contribution in [0.15, 0.2) is 0 Å². The van der Waals surface area contributed by atoms with Crippen LogP contribution in [-0.4, -0.2) is 0 Å². The van der Waals surface area contributed by atoms with Gasteiger partial charge in [-0.25, -0.2) is 0 Å². The van der Waals surface area contributed by atoms with Crippen LogP contribution in [-0.2, 0) is 0 Å². The summed E-state index contributed by atoms with van der Waals surface area (Å²) in [5.74, 6) is 1.67. The Balaban J connectivity index is 0. The molecule has 0 aliphatic heterocycles. The maximum atomic E-state index is 2.17. The Morgan fingerprint density at radius 2 is 0.292 bits per heavy atom. The first-order chi connectivity index (χ1) is 11.5. The molecule has 0 spiro atoms. The summed E-state index contributed by atoms with van der Waals surface area (Å²) in [7, 11) is 0. The Morgan fingerprint density at radius 1 is 0.250 bits per heavy atom. The lowest BCUT2D eigenvalue weighted by molar-refractivity contribution is 0.504. The molecule has 148 valence electrons. The second kappa shape index (κ2) is 23.0. The molecule has 0 N–H and O–H groups in total. The average molecular weight is 341 g/mol. The number of hydrogen-bond donors (Lipinski definition) is 0. The van der Waals surface area contributed by atoms with Gasteiger partial charge in [-0.15, -0.1) is 0 Å². The van der Waals surface area contributed by atoms with E-state index in [0.717, 1.165) is 11.8 Å². The van der Waals surface area contributed by atoms with Gasteiger partial charge in [0.2, 0.25) is 0 Å². The zero-order valence-electron chi connectivity index (χ0n) is 18.5. The van der Waals surface area contributed by atoms with Crippen LogP contribution < -0.4 is 0 Å². The molecule has 0 aromatic rings. The van der Waals surface area contributed by atoms with Crippen molar-refractivity contribution in [3.05, 3.63) is 0 Å². The van der Waals surface area contributed by atoms with E-state index in [1.54, 1.807) is 0 Å². The summed E-state index contributed by atoms with van der Waals surface area (Å²) in [5, 5.41) is 0. The van der Waals surface area contributed by atoms with Crippen molar-refractivity contribution in [3.8, 4) is 0 Å². The Morgan fingerprint density at radius 3 is 0.333 bits per heavy atom. The Hall–Kier alpha value is 0. The minimum Gasteiger partial charge on any atom is -0.0630 e. The zero-order chi connectivity index (χ0) is 18.5. The van der Waals surface area contributed by atoms with Gasteiger partial charge in [-0.2, -0.15) is 0 Å². The largest absolute Gasteiger partial charge is 0.0630 e. The Bertz CT molecular complexity index is 117. The van der Waals surface area contributed by atoms with Gasteiger partial charge in [0, 0.05) is 0 Å². The summed E-state index contributed by atoms with van der Waals surface area (Å²) in [5.41, 5.74) is 0. The molecule has 0 nitrogen and oxygen atoms in total. The highest BCUT2D eigenvalue weighted by molar-refractivity contribution is 4.52. The highest BCUT2D eigenvalue weighted by Crippen LogP contribution is 2.16. The number of rotatable bonds is 0. The van der Waals surface area contributed by atoms with Crippen molar-refractivity contribution < 1.29 is 0 Å². The first kappa shape index (κ1) is 26.2. The van der Waals surface area contributed by atoms with Crippen molar-refractivity contribution in [2.24, 2.45) is 11.8 Å². The molecule has 0 aromatic heterocycles. The van der Waals surface area contributed by atoms with E-state index in [0.29, 0.717) is 0 Å². The fourth-order valence-electron chi connectivity index (χ4n) is 2.83. The summed E-state index contributed by atoms with van der Waals surface area (Å²) in [4.78, 5) is 0. The molecule has 1 rings (SSSR count). The third kappa shape index (κ3) is 37.9. The van der Waals surface area contributed by atoms with Crippen LogP contribution in [0.4, 0.5) is 0 Å². The molecule has 1 aliphatic carbocycles. The molecule has 0 atom stereocenters. The molecular weight excluding hydrogens is 288 g/mol. The zero-order valence-corrected chi connectivity index (χ0v) is 18.5. The van der Waals surface area contributed by atoms with Gasteiger partial charge in [0.25, 0.3) is 0 Å². The average Bonchev–Trinajstić information content (AvgIpc) is 2.46. The molecule has 1 fully saturated rings. The van der Waals surface area contributed by atoms with Crippen LogP contribution in [0.1, 0.15) is 144 Å². The molecular formula is C24H52. The van der Waals surface area contributed by atoms with E-state index in [-0.39, 0.29) is 0 Å². The lowest BCUT2D eigenvalue weighted by Gasteiger charge is -2.05. The summed E-state index contributed by atoms with van der Waals surface area (Å²) < 4.78 is 0. The van der Waals surface area contributed by atoms with Gasteiger partial charge in [-0.3, -0.25) is 0 Å². The van der Waals surface area contributed by atoms with E-state index >= 15 is 0 Å². The molecule has 0 bridgehead atoms. The standard InChI is InChI=1S/C16H32.2C4H10/c1-2-4-6-8-10-12-14-16-15-13-11-9-7-5-3-1;2*1-4(2)3/h1-16H2;2*4H,1-3H3. The third-order valence-electron chi connectivity index (χ3n) is 4.00. The van der Waals surface area contributed by atoms with E-state index in [1.165, 1.54) is 103 Å². The van der Waals surface area contributed by atoms with Gasteiger partial charge in [0.05, 0.1) is 0 Å². The van der Waals surface area contributed by atoms with Crippen molar-refractivity contribution in [1.29, 1.82) is 0 Å². The molecule has 0 unspecified atom stereocenters. The van der Waals surface area contributed by atoms with Crippen LogP contribution >= 0.6 is 0 Å². The van der Waals surface area contributed by atoms with Crippen LogP contribution in [0, 0.1) is 11.8 Å². The van der Waals surface area contributed by atoms with Crippen molar-refractivity contribution in [2.45, 2.75) is 144 Å². The van der Waals surface area contributed by atoms with Gasteiger partial charge in [0.1, 0.15) is 0 Å². The monoisotopic (exact) mass is 340 g/mol. The third-order valence-corrected chi connectivity index (χ3v) is 4.00. The quantitative estimate of drug-likeness (QED) is 0.411. The van der Waals surface area contributed by atoms with E-state index in [1.807, 2.05) is 0 Å². The summed E-state index contributed by atoms with van der Waals surface area (Å²) in [6, 6.07) is 0. The maximum absolute atomic E-state index is 2.17. The van der Waals surface area contributed by atoms with Gasteiger partial charge in [-0.05, 0) is 11.8 Å². The van der Waals surface area contributed by atoms with E-state index < -0.39 is 0 Å². The van der Waals surface area contributed by atoms with Crippen molar-refractivity contribution in [1.82, 2.24) is 0 Å². The lowest BCUT2D eigenvalue weighted by atomic mass is 10.0. The van der Waals surface area contributed by atoms with Crippen LogP contribution in [0.2, 0.25) is 0 Å². The van der Waals surface area contributed by atoms with Crippen molar-refractivity contribution in [3.63, 3.8) is 0 Å². The van der Waals surface area contributed by atoms with Gasteiger partial charge < -0.3 is 0 Å². The molecule has 0 heterocycles. The molecule has 0 radical (unpaired) electrons. The van der Waals surface area contributed by atoms with Crippen LogP contribution in [0.3, 0.4) is 0 Å². The molecule has 24 heavy (non-hydrogen) atoms. The first-order valence-corrected chi connectivity index (χ1v) is 11.5. The smallest absolute Gasteiger partial charge is 0.0500 e. The minimum absolute atomic E-state index is 0.833. The molecule has 0 aromatic carbocycles. The fourth-order valence-corrected chi connectivity index (χ4v) is 2.83. The molecule has 0 amide bonds. The normalized spacial score (nSPS) is 19.0. The molecule has 0 saturated heterocycles. The highest BCUT2D eigenvalue weighted by atomic mass is 14.0. The fraction of sp³-hybridized carbons (Fsp3) is 1.00. The number of hydrogen-bond acceptors (Lipinski definition) is 0. The van der Waals surface area contributed by atoms with Gasteiger partial charge in [-0.1, -0.05) is 144 Å². The SMILES string of the molecule is C1CCCCCCCCCCCCCCC1.CC(C)C.CC(C)C. The summed E-state index contributed by atoms with van der Waals surface area (Å²) in [6.45, 7) is 13.0. The van der Waals surface area contributed by atoms with Gasteiger partial charge >= 0.3 is 0 Å². The van der Waals surface area contributed by atoms with Crippen LogP contribution in [0.5, 0.6) is 0 Å². The lowest BCUT2D eigenvalue weighted by Crippen LogP contribution is -1.85. The predicted octanol–water partition coefficient (Wildman–Crippen LogP) is 9.57. The Kier molecular flexibility index (Phi) is 25.1. The van der Waals surface area contributed by atoms with Crippen molar-refractivity contribution >= 4 is 0 Å².